The van der Waals surface area contributed by atoms with Crippen LogP contribution in [0.2, 0.25) is 0 Å². The van der Waals surface area contributed by atoms with Gasteiger partial charge < -0.3 is 20.3 Å². The highest BCUT2D eigenvalue weighted by molar-refractivity contribution is 14.0. The third-order valence-corrected chi connectivity index (χ3v) is 4.41. The highest BCUT2D eigenvalue weighted by Crippen LogP contribution is 2.16. The van der Waals surface area contributed by atoms with Crippen molar-refractivity contribution in [1.29, 1.82) is 0 Å². The molecule has 1 atom stereocenters. The van der Waals surface area contributed by atoms with Crippen LogP contribution in [0.4, 0.5) is 10.2 Å². The summed E-state index contributed by atoms with van der Waals surface area (Å²) in [4.78, 5) is 11.0. The van der Waals surface area contributed by atoms with Gasteiger partial charge >= 0.3 is 0 Å². The van der Waals surface area contributed by atoms with E-state index >= 15 is 0 Å². The zero-order chi connectivity index (χ0) is 19.1. The average molecular weight is 499 g/mol. The Morgan fingerprint density at radius 1 is 1.25 bits per heavy atom. The van der Waals surface area contributed by atoms with Gasteiger partial charge in [0.05, 0.1) is 12.7 Å². The third kappa shape index (κ3) is 6.59. The van der Waals surface area contributed by atoms with Crippen LogP contribution in [-0.4, -0.2) is 43.8 Å². The summed E-state index contributed by atoms with van der Waals surface area (Å²) in [6, 6.07) is 10.6. The second-order valence-corrected chi connectivity index (χ2v) is 6.56. The van der Waals surface area contributed by atoms with Crippen LogP contribution in [0.5, 0.6) is 0 Å². The van der Waals surface area contributed by atoms with Crippen molar-refractivity contribution >= 4 is 35.8 Å². The SMILES string of the molecule is CN=C(NCc1cccc(F)c1)NCc1ccnc(N2CCOC(C)C2)c1.I. The minimum atomic E-state index is -0.237. The summed E-state index contributed by atoms with van der Waals surface area (Å²) in [6.07, 6.45) is 2.04. The van der Waals surface area contributed by atoms with E-state index in [0.717, 1.165) is 36.6 Å². The molecule has 3 rings (SSSR count). The smallest absolute Gasteiger partial charge is 0.191 e. The maximum Gasteiger partial charge on any atom is 0.191 e. The van der Waals surface area contributed by atoms with Crippen LogP contribution in [0.25, 0.3) is 0 Å². The fourth-order valence-corrected chi connectivity index (χ4v) is 3.01. The molecule has 8 heteroatoms. The molecule has 152 valence electrons. The van der Waals surface area contributed by atoms with Gasteiger partial charge in [-0.15, -0.1) is 24.0 Å². The molecule has 1 aliphatic rings. The van der Waals surface area contributed by atoms with Crippen LogP contribution in [0.15, 0.2) is 47.6 Å². The summed E-state index contributed by atoms with van der Waals surface area (Å²) < 4.78 is 18.9. The number of hydrogen-bond acceptors (Lipinski definition) is 4. The molecule has 0 aliphatic carbocycles. The largest absolute Gasteiger partial charge is 0.375 e. The number of nitrogens with zero attached hydrogens (tertiary/aromatic N) is 3. The van der Waals surface area contributed by atoms with Gasteiger partial charge in [-0.25, -0.2) is 9.37 Å². The van der Waals surface area contributed by atoms with E-state index in [4.69, 9.17) is 4.74 Å². The summed E-state index contributed by atoms with van der Waals surface area (Å²) >= 11 is 0. The minimum Gasteiger partial charge on any atom is -0.375 e. The third-order valence-electron chi connectivity index (χ3n) is 4.41. The number of halogens is 2. The number of anilines is 1. The fraction of sp³-hybridized carbons (Fsp3) is 0.400. The molecule has 0 amide bonds. The van der Waals surface area contributed by atoms with E-state index in [1.54, 1.807) is 13.1 Å². The fourth-order valence-electron chi connectivity index (χ4n) is 3.01. The van der Waals surface area contributed by atoms with E-state index in [9.17, 15) is 4.39 Å². The summed E-state index contributed by atoms with van der Waals surface area (Å²) in [6.45, 7) is 5.63. The number of rotatable bonds is 5. The Bertz CT molecular complexity index is 789. The van der Waals surface area contributed by atoms with Gasteiger partial charge in [0.15, 0.2) is 5.96 Å². The molecule has 0 saturated carbocycles. The Morgan fingerprint density at radius 3 is 2.68 bits per heavy atom. The van der Waals surface area contributed by atoms with Gasteiger partial charge in [0, 0.05) is 39.4 Å². The average Bonchev–Trinajstić information content (AvgIpc) is 2.68. The van der Waals surface area contributed by atoms with Crippen LogP contribution in [-0.2, 0) is 17.8 Å². The normalized spacial score (nSPS) is 17.0. The number of benzene rings is 1. The number of hydrogen-bond donors (Lipinski definition) is 2. The first kappa shape index (κ1) is 22.4. The lowest BCUT2D eigenvalue weighted by atomic mass is 10.2. The van der Waals surface area contributed by atoms with Gasteiger partial charge in [0.2, 0.25) is 0 Å². The van der Waals surface area contributed by atoms with E-state index in [-0.39, 0.29) is 35.9 Å². The summed E-state index contributed by atoms with van der Waals surface area (Å²) in [5, 5.41) is 6.48. The van der Waals surface area contributed by atoms with Crippen LogP contribution in [0.3, 0.4) is 0 Å². The molecule has 1 saturated heterocycles. The van der Waals surface area contributed by atoms with Crippen molar-refractivity contribution in [2.24, 2.45) is 4.99 Å². The molecule has 1 aromatic heterocycles. The summed E-state index contributed by atoms with van der Waals surface area (Å²) in [7, 11) is 1.72. The lowest BCUT2D eigenvalue weighted by molar-refractivity contribution is 0.0529. The number of ether oxygens (including phenoxy) is 1. The molecular formula is C20H27FIN5O. The lowest BCUT2D eigenvalue weighted by Crippen LogP contribution is -2.41. The lowest BCUT2D eigenvalue weighted by Gasteiger charge is -2.32. The molecule has 1 aromatic carbocycles. The molecule has 1 aliphatic heterocycles. The first-order chi connectivity index (χ1) is 13.1. The standard InChI is InChI=1S/C20H26FN5O.HI/c1-15-14-26(8-9-27-15)19-11-17(6-7-23-19)13-25-20(22-2)24-12-16-4-3-5-18(21)10-16;/h3-7,10-11,15H,8-9,12-14H2,1-2H3,(H2,22,24,25);1H. The van der Waals surface area contributed by atoms with Gasteiger partial charge in [-0.05, 0) is 42.3 Å². The number of aromatic nitrogens is 1. The highest BCUT2D eigenvalue weighted by atomic mass is 127. The second-order valence-electron chi connectivity index (χ2n) is 6.56. The Morgan fingerprint density at radius 2 is 2.00 bits per heavy atom. The van der Waals surface area contributed by atoms with Crippen molar-refractivity contribution in [2.75, 3.05) is 31.6 Å². The van der Waals surface area contributed by atoms with E-state index in [2.05, 4.69) is 38.5 Å². The Hall–Kier alpha value is -1.94. The number of guanidine groups is 1. The molecule has 1 fully saturated rings. The highest BCUT2D eigenvalue weighted by Gasteiger charge is 2.18. The van der Waals surface area contributed by atoms with E-state index < -0.39 is 0 Å². The van der Waals surface area contributed by atoms with Gasteiger partial charge in [-0.1, -0.05) is 12.1 Å². The van der Waals surface area contributed by atoms with Crippen molar-refractivity contribution < 1.29 is 9.13 Å². The molecule has 0 radical (unpaired) electrons. The molecule has 2 aromatic rings. The second kappa shape index (κ2) is 11.2. The first-order valence-corrected chi connectivity index (χ1v) is 9.14. The van der Waals surface area contributed by atoms with Crippen LogP contribution in [0.1, 0.15) is 18.1 Å². The zero-order valence-electron chi connectivity index (χ0n) is 16.2. The predicted molar refractivity (Wildman–Crippen MR) is 121 cm³/mol. The molecule has 28 heavy (non-hydrogen) atoms. The quantitative estimate of drug-likeness (QED) is 0.377. The molecule has 6 nitrogen and oxygen atoms in total. The Labute approximate surface area is 182 Å². The first-order valence-electron chi connectivity index (χ1n) is 9.14. The van der Waals surface area contributed by atoms with Gasteiger partial charge in [0.1, 0.15) is 11.6 Å². The Balaban J connectivity index is 0.00000280. The van der Waals surface area contributed by atoms with Crippen LogP contribution >= 0.6 is 24.0 Å². The molecular weight excluding hydrogens is 472 g/mol. The zero-order valence-corrected chi connectivity index (χ0v) is 18.5. The number of nitrogens with one attached hydrogen (secondary N) is 2. The van der Waals surface area contributed by atoms with Gasteiger partial charge in [-0.3, -0.25) is 4.99 Å². The summed E-state index contributed by atoms with van der Waals surface area (Å²) in [5.74, 6) is 1.39. The van der Waals surface area contributed by atoms with Crippen molar-refractivity contribution in [3.05, 3.63) is 59.5 Å². The monoisotopic (exact) mass is 499 g/mol. The minimum absolute atomic E-state index is 0. The Kier molecular flexibility index (Phi) is 8.91. The predicted octanol–water partition coefficient (Wildman–Crippen LogP) is 2.93. The maximum absolute atomic E-state index is 13.3. The number of morpholine rings is 1. The summed E-state index contributed by atoms with van der Waals surface area (Å²) in [5.41, 5.74) is 1.98. The number of aliphatic imine (C=N–C) groups is 1. The van der Waals surface area contributed by atoms with Crippen molar-refractivity contribution in [3.8, 4) is 0 Å². The van der Waals surface area contributed by atoms with Crippen LogP contribution < -0.4 is 15.5 Å². The molecule has 0 spiro atoms. The maximum atomic E-state index is 13.3. The van der Waals surface area contributed by atoms with E-state index in [1.807, 2.05) is 18.3 Å². The number of pyridine rings is 1. The molecule has 1 unspecified atom stereocenters. The van der Waals surface area contributed by atoms with Gasteiger partial charge in [-0.2, -0.15) is 0 Å². The van der Waals surface area contributed by atoms with E-state index in [0.29, 0.717) is 19.0 Å². The van der Waals surface area contributed by atoms with Crippen molar-refractivity contribution in [3.63, 3.8) is 0 Å². The van der Waals surface area contributed by atoms with Crippen LogP contribution in [0, 0.1) is 5.82 Å². The van der Waals surface area contributed by atoms with Crippen molar-refractivity contribution in [2.45, 2.75) is 26.1 Å². The van der Waals surface area contributed by atoms with Gasteiger partial charge in [0.25, 0.3) is 0 Å². The topological polar surface area (TPSA) is 61.8 Å². The van der Waals surface area contributed by atoms with Crippen molar-refractivity contribution in [1.82, 2.24) is 15.6 Å². The van der Waals surface area contributed by atoms with E-state index in [1.165, 1.54) is 12.1 Å². The molecule has 2 heterocycles. The molecule has 0 bridgehead atoms. The molecule has 2 N–H and O–H groups in total.